The normalized spacial score (nSPS) is 15.4. The Morgan fingerprint density at radius 2 is 1.83 bits per heavy atom. The first-order valence-corrected chi connectivity index (χ1v) is 9.36. The van der Waals surface area contributed by atoms with Gasteiger partial charge in [-0.05, 0) is 56.6 Å². The molecule has 0 amide bonds. The van der Waals surface area contributed by atoms with Gasteiger partial charge in [0.25, 0.3) is 0 Å². The average molecular weight is 322 g/mol. The summed E-state index contributed by atoms with van der Waals surface area (Å²) in [5.41, 5.74) is 0.741. The van der Waals surface area contributed by atoms with E-state index in [1.807, 2.05) is 6.20 Å². The van der Waals surface area contributed by atoms with E-state index in [-0.39, 0.29) is 5.60 Å². The van der Waals surface area contributed by atoms with Crippen LogP contribution in [0.25, 0.3) is 0 Å². The van der Waals surface area contributed by atoms with E-state index in [1.165, 1.54) is 38.3 Å². The lowest BCUT2D eigenvalue weighted by atomic mass is 9.84. The summed E-state index contributed by atoms with van der Waals surface area (Å²) in [6, 6.07) is 0.502. The number of hydrogen-bond acceptors (Lipinski definition) is 3. The molecule has 0 bridgehead atoms. The van der Waals surface area contributed by atoms with Gasteiger partial charge >= 0.3 is 7.48 Å². The van der Waals surface area contributed by atoms with Gasteiger partial charge in [-0.3, -0.25) is 0 Å². The van der Waals surface area contributed by atoms with Gasteiger partial charge in [0.15, 0.2) is 0 Å². The summed E-state index contributed by atoms with van der Waals surface area (Å²) in [5.74, 6) is 1.24. The molecule has 0 heterocycles. The predicted molar refractivity (Wildman–Crippen MR) is 105 cm³/mol. The van der Waals surface area contributed by atoms with E-state index in [2.05, 4.69) is 53.8 Å². The Morgan fingerprint density at radius 1 is 1.17 bits per heavy atom. The van der Waals surface area contributed by atoms with Crippen LogP contribution in [0.1, 0.15) is 80.6 Å². The quantitative estimate of drug-likeness (QED) is 0.375. The zero-order chi connectivity index (χ0) is 17.9. The fraction of sp³-hybridized carbons (Fsp3) is 0.842. The van der Waals surface area contributed by atoms with Crippen molar-refractivity contribution in [3.8, 4) is 0 Å². The molecule has 0 aromatic heterocycles. The van der Waals surface area contributed by atoms with E-state index in [0.29, 0.717) is 19.4 Å². The van der Waals surface area contributed by atoms with Crippen LogP contribution in [0.5, 0.6) is 0 Å². The van der Waals surface area contributed by atoms with E-state index in [1.54, 1.807) is 0 Å². The van der Waals surface area contributed by atoms with Crippen molar-refractivity contribution in [1.82, 2.24) is 5.32 Å². The highest BCUT2D eigenvalue weighted by molar-refractivity contribution is 6.45. The molecular weight excluding hydrogens is 283 g/mol. The van der Waals surface area contributed by atoms with Gasteiger partial charge in [0.1, 0.15) is 0 Å². The number of hydrogen-bond donors (Lipinski definition) is 2. The molecular formula is C19H39BN2O. The van der Waals surface area contributed by atoms with Gasteiger partial charge < -0.3 is 15.4 Å². The highest BCUT2D eigenvalue weighted by Gasteiger charge is 2.23. The average Bonchev–Trinajstić information content (AvgIpc) is 2.51. The van der Waals surface area contributed by atoms with Gasteiger partial charge in [-0.15, -0.1) is 0 Å². The summed E-state index contributed by atoms with van der Waals surface area (Å²) in [6.07, 6.45) is 9.46. The molecule has 0 aromatic carbocycles. The molecule has 0 aliphatic heterocycles. The molecule has 2 unspecified atom stereocenters. The Hall–Kier alpha value is -0.765. The molecule has 0 radical (unpaired) electrons. The van der Waals surface area contributed by atoms with Crippen LogP contribution in [0.4, 0.5) is 0 Å². The highest BCUT2D eigenvalue weighted by atomic mass is 16.5. The van der Waals surface area contributed by atoms with E-state index < -0.39 is 0 Å². The van der Waals surface area contributed by atoms with Crippen LogP contribution in [0.2, 0.25) is 0 Å². The second-order valence-electron chi connectivity index (χ2n) is 7.65. The fourth-order valence-electron chi connectivity index (χ4n) is 2.14. The molecule has 0 aromatic rings. The molecule has 23 heavy (non-hydrogen) atoms. The summed E-state index contributed by atoms with van der Waals surface area (Å²) < 4.78 is 5.99. The third-order valence-corrected chi connectivity index (χ3v) is 5.03. The first kappa shape index (κ1) is 22.2. The molecule has 0 fully saturated rings. The molecule has 134 valence electrons. The monoisotopic (exact) mass is 322 g/mol. The van der Waals surface area contributed by atoms with Crippen LogP contribution in [-0.2, 0) is 4.65 Å². The van der Waals surface area contributed by atoms with Crippen molar-refractivity contribution in [3.05, 3.63) is 11.7 Å². The lowest BCUT2D eigenvalue weighted by Crippen LogP contribution is -2.33. The van der Waals surface area contributed by atoms with Gasteiger partial charge in [-0.2, -0.15) is 0 Å². The van der Waals surface area contributed by atoms with E-state index in [4.69, 9.17) is 10.1 Å². The fourth-order valence-corrected chi connectivity index (χ4v) is 2.14. The zero-order valence-corrected chi connectivity index (χ0v) is 16.5. The van der Waals surface area contributed by atoms with Gasteiger partial charge in [-0.25, -0.2) is 0 Å². The summed E-state index contributed by atoms with van der Waals surface area (Å²) >= 11 is 0. The van der Waals surface area contributed by atoms with E-state index in [9.17, 15) is 0 Å². The van der Waals surface area contributed by atoms with Crippen LogP contribution in [0, 0.1) is 17.2 Å². The Kier molecular flexibility index (Phi) is 11.3. The molecule has 2 atom stereocenters. The number of allylic oxidation sites excluding steroid dienone is 1. The summed E-state index contributed by atoms with van der Waals surface area (Å²) in [4.78, 5) is 0. The maximum Gasteiger partial charge on any atom is 0.312 e. The van der Waals surface area contributed by atoms with Gasteiger partial charge in [0, 0.05) is 17.9 Å². The smallest absolute Gasteiger partial charge is 0.312 e. The van der Waals surface area contributed by atoms with Crippen LogP contribution in [-0.4, -0.2) is 25.3 Å². The van der Waals surface area contributed by atoms with Crippen LogP contribution in [0.3, 0.4) is 0 Å². The predicted octanol–water partition coefficient (Wildman–Crippen LogP) is 4.86. The van der Waals surface area contributed by atoms with Crippen molar-refractivity contribution in [2.75, 3.05) is 0 Å². The van der Waals surface area contributed by atoms with Crippen LogP contribution < -0.4 is 5.32 Å². The van der Waals surface area contributed by atoms with E-state index >= 15 is 0 Å². The maximum absolute atomic E-state index is 7.61. The molecule has 0 rings (SSSR count). The minimum Gasteiger partial charge on any atom is -0.429 e. The Bertz CT molecular complexity index is 353. The van der Waals surface area contributed by atoms with Crippen molar-refractivity contribution in [1.29, 1.82) is 5.41 Å². The Labute approximate surface area is 145 Å². The molecule has 0 saturated carbocycles. The minimum absolute atomic E-state index is 0.165. The molecule has 3 nitrogen and oxygen atoms in total. The molecule has 0 aliphatic carbocycles. The standard InChI is InChI=1S/C19H39BN2O/c1-8-10-18(12-11-16(5)9-2)22-14-17(13-21)20-23-19(6,7)15(3)4/h13-16,18,20-22H,8-12H2,1-7H3/b17-14+,21-13?. The lowest BCUT2D eigenvalue weighted by Gasteiger charge is -2.30. The summed E-state index contributed by atoms with van der Waals surface area (Å²) in [5, 5.41) is 11.1. The molecule has 0 spiro atoms. The van der Waals surface area contributed by atoms with Crippen molar-refractivity contribution in [2.45, 2.75) is 92.2 Å². The van der Waals surface area contributed by atoms with Crippen molar-refractivity contribution in [3.63, 3.8) is 0 Å². The first-order chi connectivity index (χ1) is 10.8. The second kappa shape index (κ2) is 11.7. The van der Waals surface area contributed by atoms with E-state index in [0.717, 1.165) is 11.4 Å². The largest absolute Gasteiger partial charge is 0.429 e. The van der Waals surface area contributed by atoms with Crippen molar-refractivity contribution < 1.29 is 4.65 Å². The molecule has 0 aliphatic rings. The Morgan fingerprint density at radius 3 is 2.30 bits per heavy atom. The van der Waals surface area contributed by atoms with Crippen LogP contribution in [0.15, 0.2) is 11.7 Å². The third-order valence-electron chi connectivity index (χ3n) is 5.03. The Balaban J connectivity index is 4.53. The van der Waals surface area contributed by atoms with Crippen molar-refractivity contribution in [2.24, 2.45) is 11.8 Å². The second-order valence-corrected chi connectivity index (χ2v) is 7.65. The molecule has 0 saturated heterocycles. The lowest BCUT2D eigenvalue weighted by molar-refractivity contribution is 0.0661. The zero-order valence-electron chi connectivity index (χ0n) is 16.5. The summed E-state index contributed by atoms with van der Waals surface area (Å²) in [6.45, 7) is 15.4. The van der Waals surface area contributed by atoms with Gasteiger partial charge in [0.2, 0.25) is 0 Å². The molecule has 2 N–H and O–H groups in total. The highest BCUT2D eigenvalue weighted by Crippen LogP contribution is 2.20. The minimum atomic E-state index is -0.165. The van der Waals surface area contributed by atoms with Gasteiger partial charge in [-0.1, -0.05) is 47.5 Å². The van der Waals surface area contributed by atoms with Crippen molar-refractivity contribution >= 4 is 13.7 Å². The number of nitrogens with one attached hydrogen (secondary N) is 2. The third kappa shape index (κ3) is 9.86. The topological polar surface area (TPSA) is 45.1 Å². The maximum atomic E-state index is 7.61. The van der Waals surface area contributed by atoms with Gasteiger partial charge in [0.05, 0.1) is 0 Å². The SMILES string of the molecule is CCCC(CCC(C)CC)N/C=C(/BOC(C)(C)C(C)C)C=N. The first-order valence-electron chi connectivity index (χ1n) is 9.36. The summed E-state index contributed by atoms with van der Waals surface area (Å²) in [7, 11) is 0.492. The van der Waals surface area contributed by atoms with Crippen LogP contribution >= 0.6 is 0 Å². The number of rotatable bonds is 13. The molecule has 4 heteroatoms.